The average Bonchev–Trinajstić information content (AvgIpc) is 3.21. The van der Waals surface area contributed by atoms with E-state index in [1.54, 1.807) is 31.2 Å². The molecule has 0 radical (unpaired) electrons. The molecular formula is C20H23Cl2N5O3. The van der Waals surface area contributed by atoms with E-state index in [1.165, 1.54) is 0 Å². The first-order valence-corrected chi connectivity index (χ1v) is 8.80. The molecule has 3 rings (SSSR count). The van der Waals surface area contributed by atoms with Crippen molar-refractivity contribution in [3.8, 4) is 11.4 Å². The van der Waals surface area contributed by atoms with E-state index in [2.05, 4.69) is 15.5 Å². The number of amides is 1. The van der Waals surface area contributed by atoms with Gasteiger partial charge in [0.05, 0.1) is 0 Å². The molecule has 0 fully saturated rings. The van der Waals surface area contributed by atoms with Gasteiger partial charge in [-0.15, -0.1) is 24.8 Å². The summed E-state index contributed by atoms with van der Waals surface area (Å²) >= 11 is 0. The maximum atomic E-state index is 12.6. The van der Waals surface area contributed by atoms with Crippen LogP contribution < -0.4 is 11.1 Å². The Morgan fingerprint density at radius 1 is 1.17 bits per heavy atom. The van der Waals surface area contributed by atoms with E-state index in [1.807, 2.05) is 30.3 Å². The molecule has 1 unspecified atom stereocenters. The number of halogens is 2. The number of nitrogens with zero attached hydrogens (tertiary/aromatic N) is 2. The zero-order valence-corrected chi connectivity index (χ0v) is 17.8. The maximum absolute atomic E-state index is 12.6. The van der Waals surface area contributed by atoms with Crippen LogP contribution >= 0.6 is 24.8 Å². The first-order valence-electron chi connectivity index (χ1n) is 8.80. The Bertz CT molecular complexity index is 949. The average molecular weight is 452 g/mol. The monoisotopic (exact) mass is 451 g/mol. The van der Waals surface area contributed by atoms with Crippen molar-refractivity contribution in [2.24, 2.45) is 5.73 Å². The van der Waals surface area contributed by atoms with Gasteiger partial charge >= 0.3 is 0 Å². The molecule has 0 aliphatic heterocycles. The molecular weight excluding hydrogens is 429 g/mol. The SMILES string of the molecule is CCOC(C(=O)NCc1ccc(C(=N)N)cc1)c1nc(-c2ccccc2)no1.Cl.Cl. The van der Waals surface area contributed by atoms with E-state index in [4.69, 9.17) is 20.4 Å². The van der Waals surface area contributed by atoms with Gasteiger partial charge in [0.2, 0.25) is 11.9 Å². The summed E-state index contributed by atoms with van der Waals surface area (Å²) < 4.78 is 10.8. The molecule has 1 atom stereocenters. The maximum Gasteiger partial charge on any atom is 0.265 e. The third-order valence-corrected chi connectivity index (χ3v) is 4.00. The second-order valence-corrected chi connectivity index (χ2v) is 5.99. The van der Waals surface area contributed by atoms with Crippen molar-refractivity contribution in [1.29, 1.82) is 5.41 Å². The number of nitrogens with two attached hydrogens (primary N) is 1. The minimum Gasteiger partial charge on any atom is -0.384 e. The van der Waals surface area contributed by atoms with Gasteiger partial charge in [-0.3, -0.25) is 10.2 Å². The quantitative estimate of drug-likeness (QED) is 0.356. The van der Waals surface area contributed by atoms with Crippen molar-refractivity contribution < 1.29 is 14.1 Å². The Balaban J connectivity index is 0.00000225. The van der Waals surface area contributed by atoms with Crippen molar-refractivity contribution in [2.75, 3.05) is 6.61 Å². The molecule has 2 aromatic carbocycles. The number of aromatic nitrogens is 2. The molecule has 0 aliphatic rings. The second-order valence-electron chi connectivity index (χ2n) is 5.99. The summed E-state index contributed by atoms with van der Waals surface area (Å²) in [7, 11) is 0. The first-order chi connectivity index (χ1) is 13.6. The summed E-state index contributed by atoms with van der Waals surface area (Å²) in [6, 6.07) is 16.4. The molecule has 1 heterocycles. The molecule has 8 nitrogen and oxygen atoms in total. The Hall–Kier alpha value is -2.94. The second kappa shape index (κ2) is 11.9. The number of rotatable bonds is 8. The van der Waals surface area contributed by atoms with Gasteiger partial charge in [-0.05, 0) is 12.5 Å². The molecule has 0 bridgehead atoms. The summed E-state index contributed by atoms with van der Waals surface area (Å²) in [5, 5.41) is 14.1. The van der Waals surface area contributed by atoms with Crippen LogP contribution in [0.25, 0.3) is 11.4 Å². The van der Waals surface area contributed by atoms with E-state index in [0.29, 0.717) is 24.5 Å². The molecule has 1 amide bonds. The number of amidine groups is 1. The number of hydrogen-bond donors (Lipinski definition) is 3. The molecule has 0 aliphatic carbocycles. The number of carbonyl (C=O) groups is 1. The minimum absolute atomic E-state index is 0. The lowest BCUT2D eigenvalue weighted by Gasteiger charge is -2.13. The highest BCUT2D eigenvalue weighted by Crippen LogP contribution is 2.21. The van der Waals surface area contributed by atoms with Crippen molar-refractivity contribution in [3.05, 3.63) is 71.6 Å². The van der Waals surface area contributed by atoms with Gasteiger partial charge < -0.3 is 20.3 Å². The van der Waals surface area contributed by atoms with Gasteiger partial charge in [0, 0.05) is 24.3 Å². The molecule has 0 spiro atoms. The number of carbonyl (C=O) groups excluding carboxylic acids is 1. The molecule has 30 heavy (non-hydrogen) atoms. The van der Waals surface area contributed by atoms with Crippen LogP contribution in [0.1, 0.15) is 30.0 Å². The summed E-state index contributed by atoms with van der Waals surface area (Å²) in [4.78, 5) is 16.9. The summed E-state index contributed by atoms with van der Waals surface area (Å²) in [6.45, 7) is 2.39. The lowest BCUT2D eigenvalue weighted by Crippen LogP contribution is -2.30. The van der Waals surface area contributed by atoms with Gasteiger partial charge in [0.15, 0.2) is 0 Å². The molecule has 1 aromatic heterocycles. The van der Waals surface area contributed by atoms with Crippen LogP contribution in [0.4, 0.5) is 0 Å². The highest BCUT2D eigenvalue weighted by molar-refractivity contribution is 5.94. The topological polar surface area (TPSA) is 127 Å². The predicted octanol–water partition coefficient (Wildman–Crippen LogP) is 3.26. The lowest BCUT2D eigenvalue weighted by atomic mass is 10.1. The highest BCUT2D eigenvalue weighted by atomic mass is 35.5. The van der Waals surface area contributed by atoms with Crippen molar-refractivity contribution in [1.82, 2.24) is 15.5 Å². The van der Waals surface area contributed by atoms with Crippen molar-refractivity contribution in [2.45, 2.75) is 19.6 Å². The van der Waals surface area contributed by atoms with Crippen molar-refractivity contribution in [3.63, 3.8) is 0 Å². The molecule has 4 N–H and O–H groups in total. The van der Waals surface area contributed by atoms with Crippen LogP contribution in [0.5, 0.6) is 0 Å². The predicted molar refractivity (Wildman–Crippen MR) is 118 cm³/mol. The van der Waals surface area contributed by atoms with Crippen LogP contribution in [0.15, 0.2) is 59.1 Å². The Morgan fingerprint density at radius 3 is 2.43 bits per heavy atom. The van der Waals surface area contributed by atoms with E-state index in [9.17, 15) is 4.79 Å². The first kappa shape index (κ1) is 25.1. The van der Waals surface area contributed by atoms with Gasteiger partial charge in [0.1, 0.15) is 5.84 Å². The third kappa shape index (κ3) is 6.28. The van der Waals surface area contributed by atoms with Gasteiger partial charge in [-0.25, -0.2) is 0 Å². The minimum atomic E-state index is -0.994. The summed E-state index contributed by atoms with van der Waals surface area (Å²) in [5.41, 5.74) is 7.72. The smallest absolute Gasteiger partial charge is 0.265 e. The van der Waals surface area contributed by atoms with Gasteiger partial charge in [-0.2, -0.15) is 4.98 Å². The standard InChI is InChI=1S/C20H21N5O3.2ClH/c1-2-27-16(20-24-18(25-28-20)15-6-4-3-5-7-15)19(26)23-12-13-8-10-14(11-9-13)17(21)22;;/h3-11,16H,2,12H2,1H3,(H3,21,22)(H,23,26);2*1H. The molecule has 3 aromatic rings. The normalized spacial score (nSPS) is 11.0. The van der Waals surface area contributed by atoms with Crippen LogP contribution in [-0.4, -0.2) is 28.5 Å². The third-order valence-electron chi connectivity index (χ3n) is 4.00. The van der Waals surface area contributed by atoms with Gasteiger partial charge in [0.25, 0.3) is 11.8 Å². The number of ether oxygens (including phenoxy) is 1. The number of benzene rings is 2. The molecule has 0 saturated heterocycles. The largest absolute Gasteiger partial charge is 0.384 e. The lowest BCUT2D eigenvalue weighted by molar-refractivity contribution is -0.134. The fourth-order valence-electron chi connectivity index (χ4n) is 2.56. The highest BCUT2D eigenvalue weighted by Gasteiger charge is 2.27. The van der Waals surface area contributed by atoms with Gasteiger partial charge in [-0.1, -0.05) is 59.8 Å². The zero-order chi connectivity index (χ0) is 19.9. The fraction of sp³-hybridized carbons (Fsp3) is 0.200. The molecule has 160 valence electrons. The Morgan fingerprint density at radius 2 is 1.83 bits per heavy atom. The molecule has 0 saturated carbocycles. The number of hydrogen-bond acceptors (Lipinski definition) is 6. The fourth-order valence-corrected chi connectivity index (χ4v) is 2.56. The van der Waals surface area contributed by atoms with Crippen molar-refractivity contribution >= 4 is 36.6 Å². The van der Waals surface area contributed by atoms with Crippen LogP contribution in [0.3, 0.4) is 0 Å². The van der Waals surface area contributed by atoms with Crippen LogP contribution in [0, 0.1) is 5.41 Å². The summed E-state index contributed by atoms with van der Waals surface area (Å²) in [6.07, 6.45) is -0.994. The van der Waals surface area contributed by atoms with Crippen LogP contribution in [0.2, 0.25) is 0 Å². The number of nitrogen functional groups attached to an aromatic ring is 1. The van der Waals surface area contributed by atoms with E-state index >= 15 is 0 Å². The summed E-state index contributed by atoms with van der Waals surface area (Å²) in [5.74, 6) is 0.122. The zero-order valence-electron chi connectivity index (χ0n) is 16.2. The Kier molecular flexibility index (Phi) is 9.97. The van der Waals surface area contributed by atoms with E-state index in [-0.39, 0.29) is 42.4 Å². The molecule has 10 heteroatoms. The van der Waals surface area contributed by atoms with Crippen LogP contribution in [-0.2, 0) is 16.1 Å². The number of nitrogens with one attached hydrogen (secondary N) is 2. The van der Waals surface area contributed by atoms with E-state index < -0.39 is 6.10 Å². The van der Waals surface area contributed by atoms with E-state index in [0.717, 1.165) is 11.1 Å². The Labute approximate surface area is 186 Å².